The van der Waals surface area contributed by atoms with Gasteiger partial charge < -0.3 is 14.8 Å². The summed E-state index contributed by atoms with van der Waals surface area (Å²) in [7, 11) is 1.53. The molecule has 0 aliphatic rings. The molecule has 3 aromatic rings. The molecule has 6 heteroatoms. The maximum absolute atomic E-state index is 12.6. The number of nitrogens with one attached hydrogen (secondary N) is 1. The molecule has 0 saturated carbocycles. The van der Waals surface area contributed by atoms with Gasteiger partial charge in [0, 0.05) is 10.6 Å². The number of anilines is 1. The number of thiophene rings is 1. The van der Waals surface area contributed by atoms with E-state index in [0.717, 1.165) is 23.3 Å². The molecule has 2 aromatic carbocycles. The van der Waals surface area contributed by atoms with E-state index < -0.39 is 0 Å². The summed E-state index contributed by atoms with van der Waals surface area (Å²) in [5.74, 6) is -0.0806. The average Bonchev–Trinajstić information content (AvgIpc) is 3.24. The first-order chi connectivity index (χ1) is 14.1. The van der Waals surface area contributed by atoms with Crippen molar-refractivity contribution in [1.82, 2.24) is 0 Å². The Kier molecular flexibility index (Phi) is 7.03. The Balaban J connectivity index is 1.77. The standard InChI is InChI=1S/C23H23NO4S/c1-3-4-14-28-23(26)21-13-12-20(29-21)16-10-11-18(19(15-16)27-2)22(25)24-17-8-6-5-7-9-17/h5-13,15H,3-4,14H2,1-2H3,(H,24,25). The van der Waals surface area contributed by atoms with E-state index in [0.29, 0.717) is 28.5 Å². The molecule has 29 heavy (non-hydrogen) atoms. The van der Waals surface area contributed by atoms with Crippen molar-refractivity contribution in [3.05, 3.63) is 71.1 Å². The number of carbonyl (C=O) groups is 2. The summed E-state index contributed by atoms with van der Waals surface area (Å²) in [4.78, 5) is 26.2. The van der Waals surface area contributed by atoms with Crippen LogP contribution in [0.4, 0.5) is 5.69 Å². The average molecular weight is 410 g/mol. The highest BCUT2D eigenvalue weighted by molar-refractivity contribution is 7.17. The van der Waals surface area contributed by atoms with Crippen molar-refractivity contribution in [3.63, 3.8) is 0 Å². The highest BCUT2D eigenvalue weighted by Gasteiger charge is 2.16. The molecule has 1 aromatic heterocycles. The van der Waals surface area contributed by atoms with E-state index in [2.05, 4.69) is 5.32 Å². The molecule has 5 nitrogen and oxygen atoms in total. The maximum atomic E-state index is 12.6. The van der Waals surface area contributed by atoms with Gasteiger partial charge in [0.05, 0.1) is 19.3 Å². The Morgan fingerprint density at radius 1 is 1.03 bits per heavy atom. The zero-order valence-electron chi connectivity index (χ0n) is 16.4. The van der Waals surface area contributed by atoms with Crippen LogP contribution < -0.4 is 10.1 Å². The second-order valence-electron chi connectivity index (χ2n) is 6.39. The fourth-order valence-corrected chi connectivity index (χ4v) is 3.63. The van der Waals surface area contributed by atoms with Gasteiger partial charge >= 0.3 is 5.97 Å². The van der Waals surface area contributed by atoms with Crippen LogP contribution in [0, 0.1) is 0 Å². The molecule has 0 spiro atoms. The third-order valence-corrected chi connectivity index (χ3v) is 5.41. The van der Waals surface area contributed by atoms with Crippen LogP contribution in [0.2, 0.25) is 0 Å². The Morgan fingerprint density at radius 3 is 2.55 bits per heavy atom. The van der Waals surface area contributed by atoms with Crippen molar-refractivity contribution in [2.75, 3.05) is 19.0 Å². The van der Waals surface area contributed by atoms with Crippen LogP contribution in [-0.4, -0.2) is 25.6 Å². The predicted molar refractivity (Wildman–Crippen MR) is 116 cm³/mol. The summed E-state index contributed by atoms with van der Waals surface area (Å²) < 4.78 is 10.7. The third kappa shape index (κ3) is 5.23. The lowest BCUT2D eigenvalue weighted by Gasteiger charge is -2.11. The summed E-state index contributed by atoms with van der Waals surface area (Å²) in [6, 6.07) is 18.3. The lowest BCUT2D eigenvalue weighted by atomic mass is 10.1. The number of para-hydroxylation sites is 1. The largest absolute Gasteiger partial charge is 0.496 e. The van der Waals surface area contributed by atoms with E-state index in [1.165, 1.54) is 18.4 Å². The fraction of sp³-hybridized carbons (Fsp3) is 0.217. The molecule has 0 radical (unpaired) electrons. The molecule has 0 aliphatic carbocycles. The highest BCUT2D eigenvalue weighted by atomic mass is 32.1. The van der Waals surface area contributed by atoms with Gasteiger partial charge in [-0.3, -0.25) is 4.79 Å². The number of ether oxygens (including phenoxy) is 2. The molecule has 0 bridgehead atoms. The van der Waals surface area contributed by atoms with E-state index in [1.807, 2.05) is 49.4 Å². The normalized spacial score (nSPS) is 10.4. The number of rotatable bonds is 8. The molecule has 1 N–H and O–H groups in total. The van der Waals surface area contributed by atoms with E-state index in [-0.39, 0.29) is 11.9 Å². The number of esters is 1. The Bertz CT molecular complexity index is 982. The van der Waals surface area contributed by atoms with Gasteiger partial charge in [0.25, 0.3) is 5.91 Å². The first-order valence-corrected chi connectivity index (χ1v) is 10.3. The molecular formula is C23H23NO4S. The van der Waals surface area contributed by atoms with Crippen LogP contribution in [0.3, 0.4) is 0 Å². The first kappa shape index (κ1) is 20.6. The zero-order chi connectivity index (χ0) is 20.6. The van der Waals surface area contributed by atoms with E-state index in [9.17, 15) is 9.59 Å². The summed E-state index contributed by atoms with van der Waals surface area (Å²) in [6.07, 6.45) is 1.83. The summed E-state index contributed by atoms with van der Waals surface area (Å²) in [5.41, 5.74) is 2.03. The third-order valence-electron chi connectivity index (χ3n) is 4.30. The fourth-order valence-electron chi connectivity index (χ4n) is 2.74. The van der Waals surface area contributed by atoms with Crippen molar-refractivity contribution < 1.29 is 19.1 Å². The second-order valence-corrected chi connectivity index (χ2v) is 7.47. The van der Waals surface area contributed by atoms with Crippen molar-refractivity contribution in [3.8, 4) is 16.2 Å². The number of methoxy groups -OCH3 is 1. The van der Waals surface area contributed by atoms with Crippen LogP contribution in [0.5, 0.6) is 5.75 Å². The van der Waals surface area contributed by atoms with Crippen molar-refractivity contribution in [1.29, 1.82) is 0 Å². The topological polar surface area (TPSA) is 64.6 Å². The van der Waals surface area contributed by atoms with Gasteiger partial charge in [-0.25, -0.2) is 4.79 Å². The molecule has 1 heterocycles. The molecule has 0 saturated heterocycles. The molecule has 1 amide bonds. The van der Waals surface area contributed by atoms with Crippen LogP contribution >= 0.6 is 11.3 Å². The number of unbranched alkanes of at least 4 members (excludes halogenated alkanes) is 1. The van der Waals surface area contributed by atoms with E-state index >= 15 is 0 Å². The Labute approximate surface area is 174 Å². The number of benzene rings is 2. The lowest BCUT2D eigenvalue weighted by Crippen LogP contribution is -2.13. The van der Waals surface area contributed by atoms with Crippen molar-refractivity contribution in [2.45, 2.75) is 19.8 Å². The van der Waals surface area contributed by atoms with E-state index in [1.54, 1.807) is 18.2 Å². The number of hydrogen-bond acceptors (Lipinski definition) is 5. The van der Waals surface area contributed by atoms with Crippen LogP contribution in [0.15, 0.2) is 60.7 Å². The molecule has 0 fully saturated rings. The van der Waals surface area contributed by atoms with Gasteiger partial charge in [-0.1, -0.05) is 37.6 Å². The molecule has 0 unspecified atom stereocenters. The SMILES string of the molecule is CCCCOC(=O)c1ccc(-c2ccc(C(=O)Nc3ccccc3)c(OC)c2)s1. The summed E-state index contributed by atoms with van der Waals surface area (Å²) in [6.45, 7) is 2.48. The molecule has 150 valence electrons. The Hall–Kier alpha value is -3.12. The predicted octanol–water partition coefficient (Wildman–Crippen LogP) is 5.63. The minimum Gasteiger partial charge on any atom is -0.496 e. The minimum atomic E-state index is -0.305. The summed E-state index contributed by atoms with van der Waals surface area (Å²) in [5, 5.41) is 2.86. The molecule has 0 atom stereocenters. The lowest BCUT2D eigenvalue weighted by molar-refractivity contribution is 0.0505. The van der Waals surface area contributed by atoms with Gasteiger partial charge in [-0.15, -0.1) is 11.3 Å². The molecule has 0 aliphatic heterocycles. The summed E-state index contributed by atoms with van der Waals surface area (Å²) >= 11 is 1.36. The number of carbonyl (C=O) groups excluding carboxylic acids is 2. The van der Waals surface area contributed by atoms with Gasteiger partial charge in [0.15, 0.2) is 0 Å². The maximum Gasteiger partial charge on any atom is 0.348 e. The van der Waals surface area contributed by atoms with Gasteiger partial charge in [0.1, 0.15) is 10.6 Å². The van der Waals surface area contributed by atoms with Crippen molar-refractivity contribution >= 4 is 28.9 Å². The Morgan fingerprint density at radius 2 is 1.83 bits per heavy atom. The highest BCUT2D eigenvalue weighted by Crippen LogP contribution is 2.33. The van der Waals surface area contributed by atoms with Crippen LogP contribution in [0.1, 0.15) is 39.8 Å². The molecular weight excluding hydrogens is 386 g/mol. The quantitative estimate of drug-likeness (QED) is 0.387. The smallest absolute Gasteiger partial charge is 0.348 e. The van der Waals surface area contributed by atoms with Gasteiger partial charge in [-0.05, 0) is 48.4 Å². The minimum absolute atomic E-state index is 0.244. The zero-order valence-corrected chi connectivity index (χ0v) is 17.3. The van der Waals surface area contributed by atoms with Crippen LogP contribution in [-0.2, 0) is 4.74 Å². The number of amides is 1. The molecule has 3 rings (SSSR count). The first-order valence-electron chi connectivity index (χ1n) is 9.44. The van der Waals surface area contributed by atoms with Crippen LogP contribution in [0.25, 0.3) is 10.4 Å². The van der Waals surface area contributed by atoms with Crippen molar-refractivity contribution in [2.24, 2.45) is 0 Å². The number of hydrogen-bond donors (Lipinski definition) is 1. The van der Waals surface area contributed by atoms with Gasteiger partial charge in [-0.2, -0.15) is 0 Å². The van der Waals surface area contributed by atoms with E-state index in [4.69, 9.17) is 9.47 Å². The second kappa shape index (κ2) is 9.89. The monoisotopic (exact) mass is 409 g/mol. The van der Waals surface area contributed by atoms with Gasteiger partial charge in [0.2, 0.25) is 0 Å².